The van der Waals surface area contributed by atoms with Crippen LogP contribution in [-0.4, -0.2) is 61.3 Å². The smallest absolute Gasteiger partial charge is 0.234 e. The zero-order valence-corrected chi connectivity index (χ0v) is 8.62. The van der Waals surface area contributed by atoms with Crippen LogP contribution >= 0.6 is 0 Å². The number of nitrogens with one attached hydrogen (secondary N) is 2. The van der Waals surface area contributed by atoms with E-state index >= 15 is 0 Å². The van der Waals surface area contributed by atoms with Crippen LogP contribution in [0.15, 0.2) is 0 Å². The molecule has 82 valence electrons. The molecule has 0 aromatic carbocycles. The van der Waals surface area contributed by atoms with E-state index in [1.54, 1.807) is 6.92 Å². The van der Waals surface area contributed by atoms with Crippen molar-refractivity contribution in [2.75, 3.05) is 39.3 Å². The van der Waals surface area contributed by atoms with E-state index in [9.17, 15) is 4.79 Å². The molecular formula is C9H19N3O2. The van der Waals surface area contributed by atoms with Gasteiger partial charge in [0.2, 0.25) is 5.91 Å². The molecule has 1 rings (SSSR count). The minimum Gasteiger partial charge on any atom is -0.392 e. The number of carbonyl (C=O) groups is 1. The van der Waals surface area contributed by atoms with Gasteiger partial charge < -0.3 is 15.7 Å². The molecule has 5 nitrogen and oxygen atoms in total. The third kappa shape index (κ3) is 4.55. The van der Waals surface area contributed by atoms with E-state index < -0.39 is 6.10 Å². The third-order valence-corrected chi connectivity index (χ3v) is 2.17. The number of carbonyl (C=O) groups excluding carboxylic acids is 1. The number of aliphatic hydroxyl groups excluding tert-OH is 1. The fourth-order valence-corrected chi connectivity index (χ4v) is 1.39. The lowest BCUT2D eigenvalue weighted by molar-refractivity contribution is -0.122. The highest BCUT2D eigenvalue weighted by molar-refractivity contribution is 5.78. The highest BCUT2D eigenvalue weighted by Gasteiger charge is 2.13. The fourth-order valence-electron chi connectivity index (χ4n) is 1.39. The number of piperazine rings is 1. The van der Waals surface area contributed by atoms with Crippen molar-refractivity contribution >= 4 is 5.91 Å². The van der Waals surface area contributed by atoms with E-state index in [0.717, 1.165) is 26.2 Å². The number of nitrogens with zero attached hydrogens (tertiary/aromatic N) is 1. The molecule has 0 aromatic rings. The Hall–Kier alpha value is -0.650. The first kappa shape index (κ1) is 11.4. The SMILES string of the molecule is C[C@@H](O)CNC(=O)CN1CCNCC1. The van der Waals surface area contributed by atoms with Gasteiger partial charge in [0.1, 0.15) is 0 Å². The first-order chi connectivity index (χ1) is 6.68. The molecule has 3 N–H and O–H groups in total. The highest BCUT2D eigenvalue weighted by atomic mass is 16.3. The maximum atomic E-state index is 11.3. The molecule has 0 saturated carbocycles. The molecule has 1 amide bonds. The van der Waals surface area contributed by atoms with Gasteiger partial charge in [0.05, 0.1) is 12.6 Å². The molecule has 1 atom stereocenters. The van der Waals surface area contributed by atoms with Crippen molar-refractivity contribution < 1.29 is 9.90 Å². The van der Waals surface area contributed by atoms with Crippen LogP contribution < -0.4 is 10.6 Å². The summed E-state index contributed by atoms with van der Waals surface area (Å²) in [5, 5.41) is 14.9. The van der Waals surface area contributed by atoms with E-state index in [1.807, 2.05) is 0 Å². The average molecular weight is 201 g/mol. The van der Waals surface area contributed by atoms with E-state index in [0.29, 0.717) is 13.1 Å². The Morgan fingerprint density at radius 1 is 1.57 bits per heavy atom. The van der Waals surface area contributed by atoms with Gasteiger partial charge in [-0.25, -0.2) is 0 Å². The third-order valence-electron chi connectivity index (χ3n) is 2.17. The number of aliphatic hydroxyl groups is 1. The topological polar surface area (TPSA) is 64.6 Å². The minimum atomic E-state index is -0.470. The molecule has 0 bridgehead atoms. The van der Waals surface area contributed by atoms with Crippen LogP contribution in [-0.2, 0) is 4.79 Å². The number of hydrogen-bond donors (Lipinski definition) is 3. The van der Waals surface area contributed by atoms with E-state index in [1.165, 1.54) is 0 Å². The van der Waals surface area contributed by atoms with E-state index in [-0.39, 0.29) is 5.91 Å². The van der Waals surface area contributed by atoms with Gasteiger partial charge in [0, 0.05) is 32.7 Å². The van der Waals surface area contributed by atoms with Crippen LogP contribution in [0.25, 0.3) is 0 Å². The van der Waals surface area contributed by atoms with Crippen molar-refractivity contribution in [2.45, 2.75) is 13.0 Å². The second-order valence-corrected chi connectivity index (χ2v) is 3.68. The normalized spacial score (nSPS) is 20.4. The molecule has 14 heavy (non-hydrogen) atoms. The van der Waals surface area contributed by atoms with E-state index in [2.05, 4.69) is 15.5 Å². The first-order valence-corrected chi connectivity index (χ1v) is 5.06. The predicted molar refractivity (Wildman–Crippen MR) is 54.0 cm³/mol. The van der Waals surface area contributed by atoms with Crippen LogP contribution in [0.1, 0.15) is 6.92 Å². The molecule has 1 aliphatic heterocycles. The molecule has 0 aliphatic carbocycles. The molecule has 1 aliphatic rings. The van der Waals surface area contributed by atoms with Gasteiger partial charge in [-0.3, -0.25) is 9.69 Å². The summed E-state index contributed by atoms with van der Waals surface area (Å²) in [6.45, 7) is 6.17. The Morgan fingerprint density at radius 3 is 2.79 bits per heavy atom. The molecule has 0 unspecified atom stereocenters. The lowest BCUT2D eigenvalue weighted by Crippen LogP contribution is -2.48. The van der Waals surface area contributed by atoms with Crippen molar-refractivity contribution in [2.24, 2.45) is 0 Å². The molecular weight excluding hydrogens is 182 g/mol. The summed E-state index contributed by atoms with van der Waals surface area (Å²) in [6.07, 6.45) is -0.470. The molecule has 5 heteroatoms. The Kier molecular flexibility index (Phi) is 4.86. The van der Waals surface area contributed by atoms with Crippen LogP contribution in [0.5, 0.6) is 0 Å². The maximum absolute atomic E-state index is 11.3. The Bertz CT molecular complexity index is 179. The molecule has 0 spiro atoms. The predicted octanol–water partition coefficient (Wildman–Crippen LogP) is -1.61. The van der Waals surface area contributed by atoms with Gasteiger partial charge in [-0.1, -0.05) is 0 Å². The molecule has 0 aromatic heterocycles. The first-order valence-electron chi connectivity index (χ1n) is 5.06. The zero-order chi connectivity index (χ0) is 10.4. The quantitative estimate of drug-likeness (QED) is 0.512. The lowest BCUT2D eigenvalue weighted by atomic mass is 10.3. The Morgan fingerprint density at radius 2 is 2.21 bits per heavy atom. The summed E-state index contributed by atoms with van der Waals surface area (Å²) in [4.78, 5) is 13.4. The standard InChI is InChI=1S/C9H19N3O2/c1-8(13)6-11-9(14)7-12-4-2-10-3-5-12/h8,10,13H,2-7H2,1H3,(H,11,14)/t8-/m1/s1. The fraction of sp³-hybridized carbons (Fsp3) is 0.889. The second kappa shape index (κ2) is 5.95. The largest absolute Gasteiger partial charge is 0.392 e. The second-order valence-electron chi connectivity index (χ2n) is 3.68. The number of amides is 1. The van der Waals surface area contributed by atoms with Crippen molar-refractivity contribution in [3.8, 4) is 0 Å². The van der Waals surface area contributed by atoms with Gasteiger partial charge in [-0.05, 0) is 6.92 Å². The summed E-state index contributed by atoms with van der Waals surface area (Å²) in [6, 6.07) is 0. The van der Waals surface area contributed by atoms with E-state index in [4.69, 9.17) is 5.11 Å². The van der Waals surface area contributed by atoms with Gasteiger partial charge >= 0.3 is 0 Å². The van der Waals surface area contributed by atoms with Crippen LogP contribution in [0.4, 0.5) is 0 Å². The van der Waals surface area contributed by atoms with Gasteiger partial charge in [-0.2, -0.15) is 0 Å². The monoisotopic (exact) mass is 201 g/mol. The molecule has 0 radical (unpaired) electrons. The number of rotatable bonds is 4. The minimum absolute atomic E-state index is 0.00667. The van der Waals surface area contributed by atoms with Crippen LogP contribution in [0.3, 0.4) is 0 Å². The molecule has 1 heterocycles. The maximum Gasteiger partial charge on any atom is 0.234 e. The van der Waals surface area contributed by atoms with Crippen molar-refractivity contribution in [1.29, 1.82) is 0 Å². The zero-order valence-electron chi connectivity index (χ0n) is 8.62. The van der Waals surface area contributed by atoms with Crippen LogP contribution in [0.2, 0.25) is 0 Å². The van der Waals surface area contributed by atoms with Gasteiger partial charge in [0.15, 0.2) is 0 Å². The summed E-state index contributed by atoms with van der Waals surface area (Å²) >= 11 is 0. The molecule has 1 saturated heterocycles. The van der Waals surface area contributed by atoms with Gasteiger partial charge in [-0.15, -0.1) is 0 Å². The lowest BCUT2D eigenvalue weighted by Gasteiger charge is -2.26. The summed E-state index contributed by atoms with van der Waals surface area (Å²) in [5.74, 6) is -0.00667. The summed E-state index contributed by atoms with van der Waals surface area (Å²) < 4.78 is 0. The Balaban J connectivity index is 2.12. The highest BCUT2D eigenvalue weighted by Crippen LogP contribution is 1.90. The summed E-state index contributed by atoms with van der Waals surface area (Å²) in [5.41, 5.74) is 0. The number of hydrogen-bond acceptors (Lipinski definition) is 4. The average Bonchev–Trinajstić information content (AvgIpc) is 2.16. The van der Waals surface area contributed by atoms with Crippen LogP contribution in [0, 0.1) is 0 Å². The summed E-state index contributed by atoms with van der Waals surface area (Å²) in [7, 11) is 0. The van der Waals surface area contributed by atoms with Gasteiger partial charge in [0.25, 0.3) is 0 Å². The molecule has 1 fully saturated rings. The van der Waals surface area contributed by atoms with Crippen molar-refractivity contribution in [1.82, 2.24) is 15.5 Å². The Labute approximate surface area is 84.5 Å². The van der Waals surface area contributed by atoms with Crippen molar-refractivity contribution in [3.63, 3.8) is 0 Å². The van der Waals surface area contributed by atoms with Crippen molar-refractivity contribution in [3.05, 3.63) is 0 Å².